The van der Waals surface area contributed by atoms with E-state index >= 15 is 0 Å². The molecule has 9 heteroatoms. The van der Waals surface area contributed by atoms with Gasteiger partial charge < -0.3 is 0 Å². The summed E-state index contributed by atoms with van der Waals surface area (Å²) in [6.07, 6.45) is 0. The van der Waals surface area contributed by atoms with Crippen molar-refractivity contribution in [2.45, 2.75) is 38.6 Å². The first-order valence-corrected chi connectivity index (χ1v) is 10.9. The van der Waals surface area contributed by atoms with Crippen LogP contribution in [0.5, 0.6) is 0 Å². The topological polar surface area (TPSA) is 110 Å². The Morgan fingerprint density at radius 3 is 2.28 bits per heavy atom. The fourth-order valence-electron chi connectivity index (χ4n) is 2.95. The monoisotopic (exact) mass is 449 g/mol. The van der Waals surface area contributed by atoms with Gasteiger partial charge in [-0.3, -0.25) is 14.9 Å². The third kappa shape index (κ3) is 5.98. The molecule has 0 fully saturated rings. The van der Waals surface area contributed by atoms with Crippen molar-refractivity contribution in [2.24, 2.45) is 5.10 Å². The third-order valence-electron chi connectivity index (χ3n) is 4.69. The van der Waals surface area contributed by atoms with Crippen molar-refractivity contribution in [1.29, 1.82) is 0 Å². The minimum atomic E-state index is -0.434. The predicted molar refractivity (Wildman–Crippen MR) is 125 cm³/mol. The Balaban J connectivity index is 1.62. The molecule has 32 heavy (non-hydrogen) atoms. The summed E-state index contributed by atoms with van der Waals surface area (Å²) in [6.45, 7) is 7.24. The second kappa shape index (κ2) is 10.1. The van der Waals surface area contributed by atoms with Gasteiger partial charge >= 0.3 is 0 Å². The molecule has 2 aromatic carbocycles. The van der Waals surface area contributed by atoms with Crippen molar-refractivity contribution in [2.75, 3.05) is 0 Å². The standard InChI is InChI=1S/C23H23N5O3S/c1-14-5-8-20(12-21(14)28(30)31)17(4)26-27-22(29)19-9-6-18(7-10-19)13-32-23-24-15(2)11-16(3)25-23/h5-12H,13H2,1-4H3,(H,27,29). The second-order valence-corrected chi connectivity index (χ2v) is 8.26. The lowest BCUT2D eigenvalue weighted by Gasteiger charge is -2.06. The highest BCUT2D eigenvalue weighted by Gasteiger charge is 2.13. The van der Waals surface area contributed by atoms with E-state index in [-0.39, 0.29) is 11.6 Å². The van der Waals surface area contributed by atoms with E-state index in [1.54, 1.807) is 38.1 Å². The number of hydrogen-bond acceptors (Lipinski definition) is 7. The number of hydrazone groups is 1. The number of nitrogens with zero attached hydrogens (tertiary/aromatic N) is 4. The van der Waals surface area contributed by atoms with Gasteiger partial charge in [0.1, 0.15) is 0 Å². The van der Waals surface area contributed by atoms with Gasteiger partial charge in [-0.1, -0.05) is 36.0 Å². The summed E-state index contributed by atoms with van der Waals surface area (Å²) in [5.74, 6) is 0.330. The van der Waals surface area contributed by atoms with Crippen molar-refractivity contribution in [3.05, 3.63) is 92.3 Å². The quantitative estimate of drug-likeness (QED) is 0.183. The highest BCUT2D eigenvalue weighted by atomic mass is 32.2. The smallest absolute Gasteiger partial charge is 0.267 e. The Bertz CT molecular complexity index is 1170. The summed E-state index contributed by atoms with van der Waals surface area (Å²) < 4.78 is 0. The molecule has 3 aromatic rings. The van der Waals surface area contributed by atoms with Gasteiger partial charge in [-0.25, -0.2) is 15.4 Å². The number of thioether (sulfide) groups is 1. The summed E-state index contributed by atoms with van der Waals surface area (Å²) >= 11 is 1.54. The van der Waals surface area contributed by atoms with Gasteiger partial charge in [0.25, 0.3) is 11.6 Å². The molecule has 3 rings (SSSR count). The average Bonchev–Trinajstić information content (AvgIpc) is 2.75. The molecular formula is C23H23N5O3S. The van der Waals surface area contributed by atoms with E-state index in [4.69, 9.17) is 0 Å². The molecule has 0 unspecified atom stereocenters. The normalized spacial score (nSPS) is 11.3. The Kier molecular flexibility index (Phi) is 7.32. The number of carbonyl (C=O) groups is 1. The van der Waals surface area contributed by atoms with E-state index in [2.05, 4.69) is 20.5 Å². The summed E-state index contributed by atoms with van der Waals surface area (Å²) in [5, 5.41) is 15.9. The predicted octanol–water partition coefficient (Wildman–Crippen LogP) is 4.76. The number of amides is 1. The maximum atomic E-state index is 12.4. The molecular weight excluding hydrogens is 426 g/mol. The number of nitro benzene ring substituents is 1. The molecule has 0 saturated carbocycles. The van der Waals surface area contributed by atoms with Crippen LogP contribution in [0.4, 0.5) is 5.69 Å². The molecule has 0 bridgehead atoms. The largest absolute Gasteiger partial charge is 0.272 e. The van der Waals surface area contributed by atoms with Crippen LogP contribution in [-0.4, -0.2) is 26.5 Å². The van der Waals surface area contributed by atoms with Crippen LogP contribution in [0.1, 0.15) is 45.4 Å². The zero-order valence-electron chi connectivity index (χ0n) is 18.2. The lowest BCUT2D eigenvalue weighted by atomic mass is 10.1. The number of aryl methyl sites for hydroxylation is 3. The third-order valence-corrected chi connectivity index (χ3v) is 5.61. The van der Waals surface area contributed by atoms with E-state index in [1.165, 1.54) is 17.8 Å². The SMILES string of the molecule is CC(=NNC(=O)c1ccc(CSc2nc(C)cc(C)n2)cc1)c1ccc(C)c([N+](=O)[O-])c1. The van der Waals surface area contributed by atoms with E-state index in [0.717, 1.165) is 22.1 Å². The number of nitro groups is 1. The lowest BCUT2D eigenvalue weighted by Crippen LogP contribution is -2.19. The van der Waals surface area contributed by atoms with Crippen molar-refractivity contribution in [1.82, 2.24) is 15.4 Å². The van der Waals surface area contributed by atoms with Gasteiger partial charge in [-0.15, -0.1) is 0 Å². The maximum Gasteiger partial charge on any atom is 0.272 e. The fourth-order valence-corrected chi connectivity index (χ4v) is 3.86. The van der Waals surface area contributed by atoms with Gasteiger partial charge in [0.15, 0.2) is 5.16 Å². The first-order chi connectivity index (χ1) is 15.2. The number of hydrogen-bond donors (Lipinski definition) is 1. The number of carbonyl (C=O) groups excluding carboxylic acids is 1. The molecule has 1 heterocycles. The van der Waals surface area contributed by atoms with Crippen LogP contribution in [0.2, 0.25) is 0 Å². The average molecular weight is 450 g/mol. The number of aromatic nitrogens is 2. The van der Waals surface area contributed by atoms with Gasteiger partial charge in [0.2, 0.25) is 0 Å². The Hall–Kier alpha value is -3.59. The molecule has 0 atom stereocenters. The molecule has 164 valence electrons. The van der Waals surface area contributed by atoms with Gasteiger partial charge in [-0.2, -0.15) is 5.10 Å². The second-order valence-electron chi connectivity index (χ2n) is 7.32. The molecule has 0 spiro atoms. The first kappa shape index (κ1) is 23.1. The van der Waals surface area contributed by atoms with Crippen LogP contribution in [0.25, 0.3) is 0 Å². The number of benzene rings is 2. The van der Waals surface area contributed by atoms with Gasteiger partial charge in [0, 0.05) is 39.9 Å². The van der Waals surface area contributed by atoms with E-state index in [1.807, 2.05) is 32.0 Å². The van der Waals surface area contributed by atoms with Crippen molar-refractivity contribution in [3.8, 4) is 0 Å². The highest BCUT2D eigenvalue weighted by molar-refractivity contribution is 7.98. The Morgan fingerprint density at radius 1 is 1.03 bits per heavy atom. The molecule has 8 nitrogen and oxygen atoms in total. The van der Waals surface area contributed by atoms with Crippen LogP contribution in [-0.2, 0) is 5.75 Å². The minimum absolute atomic E-state index is 0.0167. The van der Waals surface area contributed by atoms with Crippen molar-refractivity contribution >= 4 is 29.1 Å². The van der Waals surface area contributed by atoms with Crippen molar-refractivity contribution < 1.29 is 9.72 Å². The minimum Gasteiger partial charge on any atom is -0.267 e. The molecule has 0 radical (unpaired) electrons. The lowest BCUT2D eigenvalue weighted by molar-refractivity contribution is -0.385. The van der Waals surface area contributed by atoms with Gasteiger partial charge in [-0.05, 0) is 51.5 Å². The van der Waals surface area contributed by atoms with Crippen molar-refractivity contribution in [3.63, 3.8) is 0 Å². The zero-order valence-corrected chi connectivity index (χ0v) is 19.1. The molecule has 0 aliphatic heterocycles. The van der Waals surface area contributed by atoms with Gasteiger partial charge in [0.05, 0.1) is 10.6 Å². The first-order valence-electron chi connectivity index (χ1n) is 9.87. The van der Waals surface area contributed by atoms with Crippen LogP contribution >= 0.6 is 11.8 Å². The number of rotatable bonds is 7. The summed E-state index contributed by atoms with van der Waals surface area (Å²) in [7, 11) is 0. The molecule has 0 saturated heterocycles. The Labute approximate surface area is 190 Å². The molecule has 1 amide bonds. The van der Waals surface area contributed by atoms with E-state index in [0.29, 0.717) is 28.2 Å². The van der Waals surface area contributed by atoms with E-state index in [9.17, 15) is 14.9 Å². The van der Waals surface area contributed by atoms with Crippen LogP contribution in [0.15, 0.2) is 58.8 Å². The summed E-state index contributed by atoms with van der Waals surface area (Å²) in [6, 6.07) is 14.0. The summed E-state index contributed by atoms with van der Waals surface area (Å²) in [5.41, 5.74) is 7.51. The maximum absolute atomic E-state index is 12.4. The summed E-state index contributed by atoms with van der Waals surface area (Å²) in [4.78, 5) is 31.9. The molecule has 1 aromatic heterocycles. The van der Waals surface area contributed by atoms with Crippen LogP contribution in [0.3, 0.4) is 0 Å². The van der Waals surface area contributed by atoms with Crippen LogP contribution < -0.4 is 5.43 Å². The molecule has 0 aliphatic carbocycles. The molecule has 0 aliphatic rings. The van der Waals surface area contributed by atoms with Crippen LogP contribution in [0, 0.1) is 30.9 Å². The van der Waals surface area contributed by atoms with E-state index < -0.39 is 4.92 Å². The highest BCUT2D eigenvalue weighted by Crippen LogP contribution is 2.21. The number of nitrogens with one attached hydrogen (secondary N) is 1. The molecule has 1 N–H and O–H groups in total. The zero-order chi connectivity index (χ0) is 23.3. The Morgan fingerprint density at radius 2 is 1.66 bits per heavy atom. The fraction of sp³-hybridized carbons (Fsp3) is 0.217.